The number of hydrogen-bond acceptors (Lipinski definition) is 8. The zero-order chi connectivity index (χ0) is 26.1. The van der Waals surface area contributed by atoms with Gasteiger partial charge in [0.15, 0.2) is 0 Å². The van der Waals surface area contributed by atoms with E-state index in [-0.39, 0.29) is 30.1 Å². The highest BCUT2D eigenvalue weighted by Gasteiger charge is 2.55. The van der Waals surface area contributed by atoms with Gasteiger partial charge in [-0.25, -0.2) is 4.79 Å². The molecule has 3 aliphatic rings. The van der Waals surface area contributed by atoms with Gasteiger partial charge in [0, 0.05) is 18.2 Å². The molecule has 36 heavy (non-hydrogen) atoms. The number of carboxylic acid groups (broad SMARTS) is 2. The summed E-state index contributed by atoms with van der Waals surface area (Å²) in [5.41, 5.74) is 0.423. The number of nitrogens with zero attached hydrogens (tertiary/aromatic N) is 1. The van der Waals surface area contributed by atoms with Gasteiger partial charge in [-0.3, -0.25) is 28.9 Å². The Balaban J connectivity index is 1.49. The van der Waals surface area contributed by atoms with Gasteiger partial charge in [0.2, 0.25) is 11.8 Å². The highest BCUT2D eigenvalue weighted by molar-refractivity contribution is 8.00. The summed E-state index contributed by atoms with van der Waals surface area (Å²) in [4.78, 5) is 73.9. The normalized spacial score (nSPS) is 25.1. The number of carboxylic acids is 2. The number of aliphatic carboxylic acids is 2. The standard InChI is InChI=1S/C23H23N3O9S/c1-10(27)35-8-12-9-36-21-16(20(30)26(21)17(12)23(33)34)25-19(29)15(11-5-3-2-4-6-11)24-18(28)13-7-14(13)22(31)32/h2-6,13-16,21H,7-9H2,1H3,(H,24,28)(H,25,29)(H,31,32)(H,33,34)/t13-,14+,15?,16+,21+/m0/s1. The second-order valence-corrected chi connectivity index (χ2v) is 9.68. The first kappa shape index (κ1) is 25.2. The average molecular weight is 518 g/mol. The summed E-state index contributed by atoms with van der Waals surface area (Å²) in [5.74, 6) is -6.31. The van der Waals surface area contributed by atoms with Crippen LogP contribution in [0.1, 0.15) is 24.9 Å². The molecule has 1 aliphatic carbocycles. The minimum atomic E-state index is -1.35. The number of thioether (sulfide) groups is 1. The van der Waals surface area contributed by atoms with Gasteiger partial charge in [-0.2, -0.15) is 0 Å². The van der Waals surface area contributed by atoms with Crippen molar-refractivity contribution in [2.75, 3.05) is 12.4 Å². The molecule has 0 bridgehead atoms. The Bertz CT molecular complexity index is 1170. The van der Waals surface area contributed by atoms with E-state index < -0.39 is 64.9 Å². The van der Waals surface area contributed by atoms with Gasteiger partial charge in [0.05, 0.1) is 11.8 Å². The molecule has 4 rings (SSSR count). The first-order valence-electron chi connectivity index (χ1n) is 11.0. The molecule has 2 aliphatic heterocycles. The summed E-state index contributed by atoms with van der Waals surface area (Å²) in [6, 6.07) is 6.06. The van der Waals surface area contributed by atoms with Crippen molar-refractivity contribution in [1.82, 2.24) is 15.5 Å². The lowest BCUT2D eigenvalue weighted by Crippen LogP contribution is -2.71. The summed E-state index contributed by atoms with van der Waals surface area (Å²) < 4.78 is 4.90. The number of esters is 1. The Hall–Kier alpha value is -3.87. The number of hydrogen-bond donors (Lipinski definition) is 4. The van der Waals surface area contributed by atoms with Crippen LogP contribution < -0.4 is 10.6 Å². The van der Waals surface area contributed by atoms with Gasteiger partial charge >= 0.3 is 17.9 Å². The van der Waals surface area contributed by atoms with E-state index in [0.29, 0.717) is 5.56 Å². The third kappa shape index (κ3) is 4.91. The van der Waals surface area contributed by atoms with Crippen molar-refractivity contribution >= 4 is 47.4 Å². The zero-order valence-electron chi connectivity index (χ0n) is 19.0. The van der Waals surface area contributed by atoms with Crippen molar-refractivity contribution < 1.29 is 43.7 Å². The Kier molecular flexibility index (Phi) is 7.02. The molecule has 1 aromatic carbocycles. The molecule has 3 amide bonds. The van der Waals surface area contributed by atoms with E-state index in [1.54, 1.807) is 30.3 Å². The van der Waals surface area contributed by atoms with Gasteiger partial charge < -0.3 is 25.6 Å². The average Bonchev–Trinajstić information content (AvgIpc) is 3.65. The third-order valence-corrected chi connectivity index (χ3v) is 7.46. The van der Waals surface area contributed by atoms with Crippen molar-refractivity contribution in [1.29, 1.82) is 0 Å². The lowest BCUT2D eigenvalue weighted by atomic mass is 10.0. The van der Waals surface area contributed by atoms with Crippen LogP contribution in [-0.2, 0) is 33.5 Å². The fraction of sp³-hybridized carbons (Fsp3) is 0.391. The van der Waals surface area contributed by atoms with Crippen LogP contribution in [0.2, 0.25) is 0 Å². The van der Waals surface area contributed by atoms with E-state index in [9.17, 15) is 33.9 Å². The number of carbonyl (C=O) groups excluding carboxylic acids is 4. The summed E-state index contributed by atoms with van der Waals surface area (Å²) in [6.07, 6.45) is 0.180. The quantitative estimate of drug-likeness (QED) is 0.254. The molecule has 1 saturated heterocycles. The van der Waals surface area contributed by atoms with Crippen molar-refractivity contribution in [3.8, 4) is 0 Å². The van der Waals surface area contributed by atoms with E-state index in [1.165, 1.54) is 18.7 Å². The molecular formula is C23H23N3O9S. The molecule has 1 aromatic rings. The number of benzene rings is 1. The minimum Gasteiger partial charge on any atom is -0.481 e. The molecule has 1 saturated carbocycles. The largest absolute Gasteiger partial charge is 0.481 e. The summed E-state index contributed by atoms with van der Waals surface area (Å²) in [7, 11) is 0. The molecule has 12 nitrogen and oxygen atoms in total. The molecule has 2 fully saturated rings. The summed E-state index contributed by atoms with van der Waals surface area (Å²) in [5, 5.41) is 23.2. The molecule has 1 unspecified atom stereocenters. The maximum Gasteiger partial charge on any atom is 0.352 e. The Morgan fingerprint density at radius 2 is 1.83 bits per heavy atom. The molecule has 4 N–H and O–H groups in total. The van der Waals surface area contributed by atoms with Crippen LogP contribution in [0.4, 0.5) is 0 Å². The third-order valence-electron chi connectivity index (χ3n) is 6.12. The second-order valence-electron chi connectivity index (χ2n) is 8.57. The number of nitrogens with one attached hydrogen (secondary N) is 2. The molecule has 0 aromatic heterocycles. The number of fused-ring (bicyclic) bond motifs is 1. The first-order valence-corrected chi connectivity index (χ1v) is 12.1. The van der Waals surface area contributed by atoms with E-state index in [1.807, 2.05) is 0 Å². The van der Waals surface area contributed by atoms with Gasteiger partial charge in [-0.15, -0.1) is 11.8 Å². The molecular weight excluding hydrogens is 494 g/mol. The smallest absolute Gasteiger partial charge is 0.352 e. The van der Waals surface area contributed by atoms with Gasteiger partial charge in [-0.1, -0.05) is 30.3 Å². The second kappa shape index (κ2) is 10.0. The summed E-state index contributed by atoms with van der Waals surface area (Å²) in [6.45, 7) is 0.922. The van der Waals surface area contributed by atoms with E-state index in [4.69, 9.17) is 9.84 Å². The highest BCUT2D eigenvalue weighted by Crippen LogP contribution is 2.41. The maximum absolute atomic E-state index is 13.2. The van der Waals surface area contributed by atoms with E-state index in [0.717, 1.165) is 4.90 Å². The van der Waals surface area contributed by atoms with Gasteiger partial charge in [-0.05, 0) is 12.0 Å². The molecule has 190 valence electrons. The monoisotopic (exact) mass is 517 g/mol. The molecule has 0 spiro atoms. The maximum atomic E-state index is 13.2. The van der Waals surface area contributed by atoms with Crippen LogP contribution in [0.3, 0.4) is 0 Å². The lowest BCUT2D eigenvalue weighted by molar-refractivity contribution is -0.151. The van der Waals surface area contributed by atoms with Crippen molar-refractivity contribution in [2.24, 2.45) is 11.8 Å². The number of β-lactam (4-membered cyclic amide) rings is 1. The lowest BCUT2D eigenvalue weighted by Gasteiger charge is -2.49. The van der Waals surface area contributed by atoms with E-state index >= 15 is 0 Å². The topological polar surface area (TPSA) is 179 Å². The fourth-order valence-electron chi connectivity index (χ4n) is 4.17. The van der Waals surface area contributed by atoms with Crippen LogP contribution in [0.5, 0.6) is 0 Å². The van der Waals surface area contributed by atoms with Crippen molar-refractivity contribution in [3.63, 3.8) is 0 Å². The van der Waals surface area contributed by atoms with Crippen LogP contribution in [0.25, 0.3) is 0 Å². The van der Waals surface area contributed by atoms with Gasteiger partial charge in [0.25, 0.3) is 5.91 Å². The van der Waals surface area contributed by atoms with Crippen LogP contribution in [-0.4, -0.2) is 74.5 Å². The number of ether oxygens (including phenoxy) is 1. The number of carbonyl (C=O) groups is 6. The Morgan fingerprint density at radius 3 is 2.42 bits per heavy atom. The predicted molar refractivity (Wildman–Crippen MR) is 123 cm³/mol. The van der Waals surface area contributed by atoms with Gasteiger partial charge in [0.1, 0.15) is 29.8 Å². The SMILES string of the molecule is CC(=O)OCC1=C(C(=O)O)N2C(=O)[C@@H](NC(=O)C(NC(=O)[C@H]3C[C@H]3C(=O)O)c3ccccc3)[C@H]2SC1. The number of rotatable bonds is 9. The fourth-order valence-corrected chi connectivity index (χ4v) is 5.50. The zero-order valence-corrected chi connectivity index (χ0v) is 19.8. The van der Waals surface area contributed by atoms with Crippen LogP contribution in [0, 0.1) is 11.8 Å². The molecule has 2 heterocycles. The van der Waals surface area contributed by atoms with Crippen molar-refractivity contribution in [3.05, 3.63) is 47.2 Å². The van der Waals surface area contributed by atoms with Crippen molar-refractivity contribution in [2.45, 2.75) is 30.8 Å². The molecule has 0 radical (unpaired) electrons. The first-order chi connectivity index (χ1) is 17.1. The molecule has 5 atom stereocenters. The number of amides is 3. The van der Waals surface area contributed by atoms with E-state index in [2.05, 4.69) is 10.6 Å². The highest BCUT2D eigenvalue weighted by atomic mass is 32.2. The Labute approximate surface area is 209 Å². The molecule has 13 heteroatoms. The van der Waals surface area contributed by atoms with Crippen LogP contribution >= 0.6 is 11.8 Å². The summed E-state index contributed by atoms with van der Waals surface area (Å²) >= 11 is 1.21. The Morgan fingerprint density at radius 1 is 1.14 bits per heavy atom. The minimum absolute atomic E-state index is 0.173. The van der Waals surface area contributed by atoms with Crippen LogP contribution in [0.15, 0.2) is 41.6 Å². The predicted octanol–water partition coefficient (Wildman–Crippen LogP) is -0.134.